The van der Waals surface area contributed by atoms with Gasteiger partial charge in [-0.05, 0) is 0 Å². The van der Waals surface area contributed by atoms with Crippen molar-refractivity contribution in [1.29, 1.82) is 0 Å². The molecule has 0 bridgehead atoms. The highest BCUT2D eigenvalue weighted by Gasteiger charge is 2.12. The molecular weight excluding hydrogens is 210 g/mol. The predicted molar refractivity (Wildman–Crippen MR) is 60.6 cm³/mol. The first-order valence-electron chi connectivity index (χ1n) is 4.96. The molecule has 1 heterocycles. The van der Waals surface area contributed by atoms with Gasteiger partial charge in [0.15, 0.2) is 5.82 Å². The molecule has 0 aromatic carbocycles. The number of ether oxygens (including phenoxy) is 1. The lowest BCUT2D eigenvalue weighted by molar-refractivity contribution is 0.0694. The third-order valence-corrected chi connectivity index (χ3v) is 2.20. The number of aliphatic hydroxyl groups excluding tert-OH is 1. The summed E-state index contributed by atoms with van der Waals surface area (Å²) in [5, 5.41) is 9.54. The maximum atomic E-state index is 11.7. The quantitative estimate of drug-likeness (QED) is 0.715. The summed E-state index contributed by atoms with van der Waals surface area (Å²) in [4.78, 5) is 17.3. The van der Waals surface area contributed by atoms with Crippen LogP contribution >= 0.6 is 0 Å². The Morgan fingerprint density at radius 2 is 2.38 bits per heavy atom. The molecule has 0 saturated carbocycles. The molecule has 6 heteroatoms. The number of hydrogen-bond acceptors (Lipinski definition) is 5. The number of aliphatic hydroxyl groups is 1. The lowest BCUT2D eigenvalue weighted by atomic mass is 10.3. The van der Waals surface area contributed by atoms with Crippen molar-refractivity contribution in [1.82, 2.24) is 9.55 Å². The predicted octanol–water partition coefficient (Wildman–Crippen LogP) is -0.776. The zero-order valence-corrected chi connectivity index (χ0v) is 9.75. The Morgan fingerprint density at radius 1 is 1.69 bits per heavy atom. The van der Waals surface area contributed by atoms with Gasteiger partial charge in [-0.1, -0.05) is 0 Å². The van der Waals surface area contributed by atoms with E-state index in [1.807, 2.05) is 0 Å². The van der Waals surface area contributed by atoms with Crippen molar-refractivity contribution in [3.05, 3.63) is 22.7 Å². The van der Waals surface area contributed by atoms with Gasteiger partial charge in [-0.15, -0.1) is 0 Å². The van der Waals surface area contributed by atoms with E-state index >= 15 is 0 Å². The van der Waals surface area contributed by atoms with E-state index in [9.17, 15) is 9.90 Å². The molecule has 1 aromatic heterocycles. The fourth-order valence-corrected chi connectivity index (χ4v) is 1.39. The van der Waals surface area contributed by atoms with Crippen molar-refractivity contribution >= 4 is 5.82 Å². The van der Waals surface area contributed by atoms with Crippen molar-refractivity contribution in [3.8, 4) is 0 Å². The molecule has 16 heavy (non-hydrogen) atoms. The van der Waals surface area contributed by atoms with E-state index in [0.29, 0.717) is 12.4 Å². The lowest BCUT2D eigenvalue weighted by Gasteiger charge is -2.20. The van der Waals surface area contributed by atoms with Gasteiger partial charge in [-0.2, -0.15) is 0 Å². The van der Waals surface area contributed by atoms with Crippen LogP contribution in [0.15, 0.2) is 17.2 Å². The third-order valence-electron chi connectivity index (χ3n) is 2.20. The number of anilines is 1. The van der Waals surface area contributed by atoms with E-state index in [1.54, 1.807) is 31.4 Å². The van der Waals surface area contributed by atoms with Crippen LogP contribution in [0, 0.1) is 0 Å². The van der Waals surface area contributed by atoms with Gasteiger partial charge >= 0.3 is 0 Å². The molecule has 1 N–H and O–H groups in total. The van der Waals surface area contributed by atoms with Crippen LogP contribution in [0.4, 0.5) is 5.82 Å². The van der Waals surface area contributed by atoms with E-state index < -0.39 is 6.10 Å². The number of likely N-dealkylation sites (N-methyl/N-ethyl adjacent to an activating group) is 1. The zero-order chi connectivity index (χ0) is 12.1. The first kappa shape index (κ1) is 12.7. The topological polar surface area (TPSA) is 67.6 Å². The van der Waals surface area contributed by atoms with Crippen LogP contribution in [0.2, 0.25) is 0 Å². The molecule has 0 saturated heterocycles. The van der Waals surface area contributed by atoms with E-state index in [0.717, 1.165) is 0 Å². The molecule has 1 aromatic rings. The van der Waals surface area contributed by atoms with Crippen molar-refractivity contribution in [2.24, 2.45) is 7.05 Å². The smallest absolute Gasteiger partial charge is 0.293 e. The maximum absolute atomic E-state index is 11.7. The molecule has 0 aliphatic heterocycles. The van der Waals surface area contributed by atoms with Crippen LogP contribution in [0.3, 0.4) is 0 Å². The summed E-state index contributed by atoms with van der Waals surface area (Å²) in [5.74, 6) is 0.320. The van der Waals surface area contributed by atoms with Crippen LogP contribution in [-0.4, -0.2) is 48.1 Å². The lowest BCUT2D eigenvalue weighted by Crippen LogP contribution is -2.36. The molecule has 1 atom stereocenters. The summed E-state index contributed by atoms with van der Waals surface area (Å²) in [6, 6.07) is 0. The minimum absolute atomic E-state index is 0.186. The van der Waals surface area contributed by atoms with Gasteiger partial charge in [0, 0.05) is 40.1 Å². The van der Waals surface area contributed by atoms with E-state index in [-0.39, 0.29) is 12.2 Å². The zero-order valence-electron chi connectivity index (χ0n) is 9.75. The molecule has 0 spiro atoms. The fraction of sp³-hybridized carbons (Fsp3) is 0.600. The van der Waals surface area contributed by atoms with Crippen LogP contribution < -0.4 is 10.5 Å². The number of aryl methyl sites for hydroxylation is 1. The van der Waals surface area contributed by atoms with Crippen LogP contribution in [-0.2, 0) is 11.8 Å². The van der Waals surface area contributed by atoms with Gasteiger partial charge in [0.05, 0.1) is 12.7 Å². The number of nitrogens with zero attached hydrogens (tertiary/aromatic N) is 3. The van der Waals surface area contributed by atoms with Gasteiger partial charge in [-0.25, -0.2) is 4.98 Å². The van der Waals surface area contributed by atoms with Crippen molar-refractivity contribution in [2.45, 2.75) is 6.10 Å². The largest absolute Gasteiger partial charge is 0.389 e. The van der Waals surface area contributed by atoms with Crippen LogP contribution in [0.5, 0.6) is 0 Å². The third kappa shape index (κ3) is 3.04. The number of methoxy groups -OCH3 is 1. The summed E-state index contributed by atoms with van der Waals surface area (Å²) in [5.41, 5.74) is -0.186. The van der Waals surface area contributed by atoms with Gasteiger partial charge in [0.1, 0.15) is 0 Å². The molecular formula is C10H17N3O3. The summed E-state index contributed by atoms with van der Waals surface area (Å²) in [7, 11) is 4.89. The Hall–Kier alpha value is -1.40. The molecule has 0 aliphatic carbocycles. The average Bonchev–Trinajstić information content (AvgIpc) is 2.22. The van der Waals surface area contributed by atoms with Crippen LogP contribution in [0.1, 0.15) is 0 Å². The number of aromatic nitrogens is 2. The van der Waals surface area contributed by atoms with E-state index in [1.165, 1.54) is 11.7 Å². The molecule has 6 nitrogen and oxygen atoms in total. The first-order valence-corrected chi connectivity index (χ1v) is 4.96. The van der Waals surface area contributed by atoms with Gasteiger partial charge in [0.25, 0.3) is 5.56 Å². The summed E-state index contributed by atoms with van der Waals surface area (Å²) in [6.45, 7) is 0.539. The Kier molecular flexibility index (Phi) is 4.45. The minimum atomic E-state index is -0.637. The SMILES string of the molecule is COCC(O)CN(C)c1nccn(C)c1=O. The normalized spacial score (nSPS) is 12.5. The second-order valence-electron chi connectivity index (χ2n) is 3.66. The average molecular weight is 227 g/mol. The number of rotatable bonds is 5. The van der Waals surface area contributed by atoms with Crippen LogP contribution in [0.25, 0.3) is 0 Å². The molecule has 0 radical (unpaired) electrons. The molecule has 1 rings (SSSR count). The Bertz CT molecular complexity index is 391. The molecule has 1 unspecified atom stereocenters. The highest BCUT2D eigenvalue weighted by Crippen LogP contribution is 2.01. The Labute approximate surface area is 94.1 Å². The van der Waals surface area contributed by atoms with Gasteiger partial charge in [0.2, 0.25) is 0 Å². The van der Waals surface area contributed by atoms with Crippen molar-refractivity contribution in [2.75, 3.05) is 32.2 Å². The summed E-state index contributed by atoms with van der Waals surface area (Å²) >= 11 is 0. The van der Waals surface area contributed by atoms with Crippen molar-refractivity contribution in [3.63, 3.8) is 0 Å². The highest BCUT2D eigenvalue weighted by molar-refractivity contribution is 5.34. The monoisotopic (exact) mass is 227 g/mol. The molecule has 0 amide bonds. The second-order valence-corrected chi connectivity index (χ2v) is 3.66. The highest BCUT2D eigenvalue weighted by atomic mass is 16.5. The van der Waals surface area contributed by atoms with Gasteiger partial charge < -0.3 is 19.3 Å². The van der Waals surface area contributed by atoms with Gasteiger partial charge in [-0.3, -0.25) is 4.79 Å². The van der Waals surface area contributed by atoms with E-state index in [4.69, 9.17) is 4.74 Å². The molecule has 90 valence electrons. The summed E-state index contributed by atoms with van der Waals surface area (Å²) < 4.78 is 6.26. The maximum Gasteiger partial charge on any atom is 0.293 e. The minimum Gasteiger partial charge on any atom is -0.389 e. The molecule has 0 aliphatic rings. The second kappa shape index (κ2) is 5.62. The van der Waals surface area contributed by atoms with Crippen molar-refractivity contribution < 1.29 is 9.84 Å². The van der Waals surface area contributed by atoms with E-state index in [2.05, 4.69) is 4.98 Å². The fourth-order valence-electron chi connectivity index (χ4n) is 1.39. The number of hydrogen-bond donors (Lipinski definition) is 1. The summed E-state index contributed by atoms with van der Waals surface area (Å²) in [6.07, 6.45) is 2.50. The Balaban J connectivity index is 2.77. The standard InChI is InChI=1S/C10H17N3O3/c1-12-5-4-11-9(10(12)15)13(2)6-8(14)7-16-3/h4-5,8,14H,6-7H2,1-3H3. The Morgan fingerprint density at radius 3 is 3.00 bits per heavy atom. The molecule has 0 fully saturated rings. The first-order chi connectivity index (χ1) is 7.56.